The Morgan fingerprint density at radius 3 is 2.86 bits per heavy atom. The molecule has 0 radical (unpaired) electrons. The standard InChI is InChI=1S/C14H16N4O3/c1-2-7-16-14-11(4-3-5-12(14)18(20)21)9-17-10-15-8-6-13(17)19/h3-6,8,10,16H,2,7,9H2,1H3. The predicted octanol–water partition coefficient (Wildman–Crippen LogP) is 2.02. The van der Waals surface area contributed by atoms with Crippen LogP contribution in [0.3, 0.4) is 0 Å². The minimum absolute atomic E-state index is 0.0119. The van der Waals surface area contributed by atoms with Crippen LogP contribution in [0.15, 0.2) is 41.6 Å². The normalized spacial score (nSPS) is 10.3. The number of para-hydroxylation sites is 1. The summed E-state index contributed by atoms with van der Waals surface area (Å²) in [5.41, 5.74) is 0.962. The third-order valence-corrected chi connectivity index (χ3v) is 3.01. The van der Waals surface area contributed by atoms with Crippen molar-refractivity contribution in [2.24, 2.45) is 0 Å². The van der Waals surface area contributed by atoms with Crippen molar-refractivity contribution in [2.45, 2.75) is 19.9 Å². The zero-order valence-corrected chi connectivity index (χ0v) is 11.7. The van der Waals surface area contributed by atoms with Crippen LogP contribution in [0.5, 0.6) is 0 Å². The van der Waals surface area contributed by atoms with Crippen LogP contribution in [0.4, 0.5) is 11.4 Å². The van der Waals surface area contributed by atoms with Gasteiger partial charge < -0.3 is 5.32 Å². The Morgan fingerprint density at radius 2 is 2.19 bits per heavy atom. The van der Waals surface area contributed by atoms with Crippen LogP contribution in [-0.4, -0.2) is 21.0 Å². The fraction of sp³-hybridized carbons (Fsp3) is 0.286. The smallest absolute Gasteiger partial charge is 0.292 e. The van der Waals surface area contributed by atoms with E-state index in [-0.39, 0.29) is 17.8 Å². The van der Waals surface area contributed by atoms with E-state index in [9.17, 15) is 14.9 Å². The summed E-state index contributed by atoms with van der Waals surface area (Å²) in [5, 5.41) is 14.2. The van der Waals surface area contributed by atoms with Crippen molar-refractivity contribution in [3.63, 3.8) is 0 Å². The van der Waals surface area contributed by atoms with Gasteiger partial charge >= 0.3 is 0 Å². The molecule has 0 spiro atoms. The largest absolute Gasteiger partial charge is 0.379 e. The fourth-order valence-corrected chi connectivity index (χ4v) is 2.01. The second-order valence-electron chi connectivity index (χ2n) is 4.54. The first kappa shape index (κ1) is 14.7. The average Bonchev–Trinajstić information content (AvgIpc) is 2.48. The quantitative estimate of drug-likeness (QED) is 0.648. The van der Waals surface area contributed by atoms with Crippen LogP contribution in [0, 0.1) is 10.1 Å². The van der Waals surface area contributed by atoms with E-state index < -0.39 is 4.92 Å². The molecule has 21 heavy (non-hydrogen) atoms. The highest BCUT2D eigenvalue weighted by Crippen LogP contribution is 2.28. The Morgan fingerprint density at radius 1 is 1.38 bits per heavy atom. The van der Waals surface area contributed by atoms with E-state index in [1.54, 1.807) is 12.1 Å². The summed E-state index contributed by atoms with van der Waals surface area (Å²) in [6.45, 7) is 2.84. The molecule has 1 heterocycles. The molecule has 0 saturated carbocycles. The molecule has 0 aliphatic heterocycles. The van der Waals surface area contributed by atoms with Crippen LogP contribution in [-0.2, 0) is 6.54 Å². The van der Waals surface area contributed by atoms with Crippen molar-refractivity contribution >= 4 is 11.4 Å². The summed E-state index contributed by atoms with van der Waals surface area (Å²) < 4.78 is 1.41. The highest BCUT2D eigenvalue weighted by atomic mass is 16.6. The minimum atomic E-state index is -0.423. The molecule has 0 fully saturated rings. The monoisotopic (exact) mass is 288 g/mol. The summed E-state index contributed by atoms with van der Waals surface area (Å²) in [4.78, 5) is 26.4. The molecule has 7 nitrogen and oxygen atoms in total. The number of nitro benzene ring substituents is 1. The molecule has 0 unspecified atom stereocenters. The number of hydrogen-bond donors (Lipinski definition) is 1. The molecule has 0 amide bonds. The molecule has 0 aliphatic rings. The van der Waals surface area contributed by atoms with E-state index in [4.69, 9.17) is 0 Å². The van der Waals surface area contributed by atoms with Crippen molar-refractivity contribution in [1.82, 2.24) is 9.55 Å². The van der Waals surface area contributed by atoms with Crippen molar-refractivity contribution in [3.8, 4) is 0 Å². The van der Waals surface area contributed by atoms with Crippen molar-refractivity contribution in [3.05, 3.63) is 62.8 Å². The number of anilines is 1. The zero-order chi connectivity index (χ0) is 15.2. The van der Waals surface area contributed by atoms with Gasteiger partial charge in [0, 0.05) is 30.4 Å². The van der Waals surface area contributed by atoms with E-state index >= 15 is 0 Å². The third-order valence-electron chi connectivity index (χ3n) is 3.01. The molecule has 1 aromatic heterocycles. The van der Waals surface area contributed by atoms with Crippen LogP contribution in [0.1, 0.15) is 18.9 Å². The maximum absolute atomic E-state index is 11.7. The Balaban J connectivity index is 2.42. The Hall–Kier alpha value is -2.70. The van der Waals surface area contributed by atoms with Crippen LogP contribution >= 0.6 is 0 Å². The van der Waals surface area contributed by atoms with Crippen molar-refractivity contribution in [2.75, 3.05) is 11.9 Å². The number of nitrogens with zero attached hydrogens (tertiary/aromatic N) is 3. The summed E-state index contributed by atoms with van der Waals surface area (Å²) in [5.74, 6) is 0. The molecule has 7 heteroatoms. The van der Waals surface area contributed by atoms with Gasteiger partial charge in [0.15, 0.2) is 0 Å². The van der Waals surface area contributed by atoms with Gasteiger partial charge in [-0.1, -0.05) is 19.1 Å². The van der Waals surface area contributed by atoms with E-state index in [1.807, 2.05) is 6.92 Å². The number of aromatic nitrogens is 2. The first-order valence-corrected chi connectivity index (χ1v) is 6.64. The highest BCUT2D eigenvalue weighted by Gasteiger charge is 2.17. The number of hydrogen-bond acceptors (Lipinski definition) is 5. The van der Waals surface area contributed by atoms with Gasteiger partial charge in [-0.15, -0.1) is 0 Å². The molecule has 0 saturated heterocycles. The number of rotatable bonds is 6. The molecule has 1 aromatic carbocycles. The van der Waals surface area contributed by atoms with Crippen molar-refractivity contribution in [1.29, 1.82) is 0 Å². The fourth-order valence-electron chi connectivity index (χ4n) is 2.01. The summed E-state index contributed by atoms with van der Waals surface area (Å²) in [7, 11) is 0. The maximum Gasteiger partial charge on any atom is 0.292 e. The van der Waals surface area contributed by atoms with Gasteiger partial charge in [0.05, 0.1) is 17.8 Å². The molecular formula is C14H16N4O3. The summed E-state index contributed by atoms with van der Waals surface area (Å²) in [6.07, 6.45) is 3.69. The predicted molar refractivity (Wildman–Crippen MR) is 79.5 cm³/mol. The van der Waals surface area contributed by atoms with Crippen molar-refractivity contribution < 1.29 is 4.92 Å². The molecular weight excluding hydrogens is 272 g/mol. The van der Waals surface area contributed by atoms with Gasteiger partial charge in [0.1, 0.15) is 5.69 Å². The lowest BCUT2D eigenvalue weighted by atomic mass is 10.1. The van der Waals surface area contributed by atoms with Crippen LogP contribution in [0.2, 0.25) is 0 Å². The van der Waals surface area contributed by atoms with Gasteiger partial charge in [-0.05, 0) is 6.42 Å². The molecule has 0 atom stereocenters. The number of benzene rings is 1. The number of nitrogens with one attached hydrogen (secondary N) is 1. The topological polar surface area (TPSA) is 90.1 Å². The van der Waals surface area contributed by atoms with Crippen LogP contribution in [0.25, 0.3) is 0 Å². The van der Waals surface area contributed by atoms with Gasteiger partial charge in [-0.2, -0.15) is 0 Å². The van der Waals surface area contributed by atoms with Gasteiger partial charge in [0.25, 0.3) is 11.2 Å². The maximum atomic E-state index is 11.7. The zero-order valence-electron chi connectivity index (χ0n) is 11.7. The van der Waals surface area contributed by atoms with E-state index in [1.165, 1.54) is 29.2 Å². The first-order valence-electron chi connectivity index (χ1n) is 6.64. The Bertz CT molecular complexity index is 697. The molecule has 110 valence electrons. The van der Waals surface area contributed by atoms with E-state index in [0.717, 1.165) is 6.42 Å². The van der Waals surface area contributed by atoms with E-state index in [0.29, 0.717) is 17.8 Å². The van der Waals surface area contributed by atoms with E-state index in [2.05, 4.69) is 10.3 Å². The minimum Gasteiger partial charge on any atom is -0.379 e. The Labute approximate surface area is 121 Å². The SMILES string of the molecule is CCCNc1c(Cn2cnccc2=O)cccc1[N+](=O)[O-]. The number of nitro groups is 1. The first-order chi connectivity index (χ1) is 10.1. The second kappa shape index (κ2) is 6.65. The Kier molecular flexibility index (Phi) is 4.65. The lowest BCUT2D eigenvalue weighted by Gasteiger charge is -2.12. The molecule has 1 N–H and O–H groups in total. The molecule has 2 aromatic rings. The lowest BCUT2D eigenvalue weighted by molar-refractivity contribution is -0.384. The highest BCUT2D eigenvalue weighted by molar-refractivity contribution is 5.66. The molecule has 2 rings (SSSR count). The van der Waals surface area contributed by atoms with Crippen LogP contribution < -0.4 is 10.9 Å². The van der Waals surface area contributed by atoms with Gasteiger partial charge in [-0.25, -0.2) is 4.98 Å². The third kappa shape index (κ3) is 3.44. The van der Waals surface area contributed by atoms with Gasteiger partial charge in [0.2, 0.25) is 0 Å². The summed E-state index contributed by atoms with van der Waals surface area (Å²) >= 11 is 0. The molecule has 0 aliphatic carbocycles. The average molecular weight is 288 g/mol. The second-order valence-corrected chi connectivity index (χ2v) is 4.54. The lowest BCUT2D eigenvalue weighted by Crippen LogP contribution is -2.20. The molecule has 0 bridgehead atoms. The van der Waals surface area contributed by atoms with Gasteiger partial charge in [-0.3, -0.25) is 19.5 Å². The summed E-state index contributed by atoms with van der Waals surface area (Å²) in [6, 6.07) is 6.19.